The summed E-state index contributed by atoms with van der Waals surface area (Å²) >= 11 is 24.0. The van der Waals surface area contributed by atoms with Crippen molar-refractivity contribution in [3.05, 3.63) is 110 Å². The first kappa shape index (κ1) is 47.9. The van der Waals surface area contributed by atoms with E-state index in [9.17, 15) is 19.2 Å². The Kier molecular flexibility index (Phi) is 21.4. The zero-order chi connectivity index (χ0) is 41.8. The van der Waals surface area contributed by atoms with Crippen LogP contribution in [0.15, 0.2) is 78.4 Å². The maximum Gasteiger partial charge on any atom is 0.254 e. The number of nitrogens with one attached hydrogen (secondary N) is 2. The molecule has 5 rings (SSSR count). The Bertz CT molecular complexity index is 1880. The van der Waals surface area contributed by atoms with Crippen LogP contribution < -0.4 is 11.1 Å². The van der Waals surface area contributed by atoms with Gasteiger partial charge in [-0.05, 0) is 57.7 Å². The molecular formula is C41H53Cl4N7O4. The molecule has 1 unspecified atom stereocenters. The molecular weight excluding hydrogens is 796 g/mol. The molecule has 0 saturated carbocycles. The zero-order valence-corrected chi connectivity index (χ0v) is 35.9. The van der Waals surface area contributed by atoms with Gasteiger partial charge in [-0.3, -0.25) is 19.2 Å². The second-order valence-electron chi connectivity index (χ2n) is 12.8. The third-order valence-electron chi connectivity index (χ3n) is 8.16. The van der Waals surface area contributed by atoms with Gasteiger partial charge in [-0.1, -0.05) is 98.4 Å². The summed E-state index contributed by atoms with van der Waals surface area (Å²) in [5, 5.41) is 9.39. The van der Waals surface area contributed by atoms with Gasteiger partial charge >= 0.3 is 0 Å². The Morgan fingerprint density at radius 1 is 0.839 bits per heavy atom. The van der Waals surface area contributed by atoms with Gasteiger partial charge < -0.3 is 25.8 Å². The topological polar surface area (TPSA) is 146 Å². The van der Waals surface area contributed by atoms with Crippen LogP contribution >= 0.6 is 46.4 Å². The number of carbonyl (C=O) groups excluding carboxylic acids is 4. The summed E-state index contributed by atoms with van der Waals surface area (Å²) in [5.74, 6) is 0.743. The number of nitrogens with two attached hydrogens (primary N) is 1. The standard InChI is InChI=1S/C20H24Cl2N4O.C10H19NO2.C7H4Cl2O.C4H6N2/c1-4-11-25(12-5-2)20(27)17-13(3)24-16-9-10-23-26(16)19(17)14-7-6-8-15(21)18(14)22;1-4-6-11(7-5-2)10(13)8-9(3)12;8-6-3-1-2-5(4-10)7(6)9;5-4-1-2-6-3-4/h6-10,19,24H,4-5,11-12H2,1-3H3;4-8H2,1-3H3;1-4H;1-3,6H,5H2. The summed E-state index contributed by atoms with van der Waals surface area (Å²) in [7, 11) is 0. The number of rotatable bonds is 13. The molecule has 0 radical (unpaired) electrons. The normalized spacial score (nSPS) is 12.6. The van der Waals surface area contributed by atoms with E-state index in [-0.39, 0.29) is 24.0 Å². The second-order valence-corrected chi connectivity index (χ2v) is 14.4. The van der Waals surface area contributed by atoms with Crippen molar-refractivity contribution in [1.29, 1.82) is 0 Å². The van der Waals surface area contributed by atoms with E-state index in [0.717, 1.165) is 61.5 Å². The molecule has 1 atom stereocenters. The van der Waals surface area contributed by atoms with Crippen molar-refractivity contribution < 1.29 is 19.2 Å². The van der Waals surface area contributed by atoms with Crippen molar-refractivity contribution in [3.63, 3.8) is 0 Å². The first-order valence-corrected chi connectivity index (χ1v) is 20.1. The number of benzene rings is 2. The van der Waals surface area contributed by atoms with E-state index in [0.29, 0.717) is 50.6 Å². The average Bonchev–Trinajstić information content (AvgIpc) is 3.85. The number of H-pyrrole nitrogens is 1. The summed E-state index contributed by atoms with van der Waals surface area (Å²) in [6, 6.07) is 13.7. The number of fused-ring (bicyclic) bond motifs is 1. The predicted octanol–water partition coefficient (Wildman–Crippen LogP) is 10.1. The SMILES string of the molecule is CCCN(CCC)C(=O)C1=C(C)Nc2ccnn2C1c1cccc(Cl)c1Cl.CCCN(CCC)C(=O)CC(C)=O.Nc1cc[nH]c1.O=Cc1cccc(Cl)c1Cl. The van der Waals surface area contributed by atoms with Crippen LogP contribution in [0.2, 0.25) is 20.1 Å². The van der Waals surface area contributed by atoms with Gasteiger partial charge in [0.1, 0.15) is 17.6 Å². The molecule has 15 heteroatoms. The lowest BCUT2D eigenvalue weighted by Gasteiger charge is -2.33. The molecule has 1 aliphatic heterocycles. The maximum atomic E-state index is 13.5. The van der Waals surface area contributed by atoms with E-state index in [1.54, 1.807) is 58.5 Å². The summed E-state index contributed by atoms with van der Waals surface area (Å²) in [4.78, 5) is 52.4. The van der Waals surface area contributed by atoms with E-state index in [2.05, 4.69) is 29.2 Å². The van der Waals surface area contributed by atoms with Gasteiger partial charge in [-0.25, -0.2) is 4.68 Å². The summed E-state index contributed by atoms with van der Waals surface area (Å²) in [6.45, 7) is 14.5. The van der Waals surface area contributed by atoms with Crippen LogP contribution in [0, 0.1) is 0 Å². The van der Waals surface area contributed by atoms with Crippen LogP contribution in [0.3, 0.4) is 0 Å². The highest BCUT2D eigenvalue weighted by atomic mass is 35.5. The van der Waals surface area contributed by atoms with Gasteiger partial charge in [0.05, 0.1) is 38.3 Å². The fourth-order valence-electron chi connectivity index (χ4n) is 5.70. The van der Waals surface area contributed by atoms with Gasteiger partial charge in [0, 0.05) is 67.2 Å². The number of ketones is 1. The van der Waals surface area contributed by atoms with Crippen molar-refractivity contribution in [2.45, 2.75) is 79.7 Å². The molecule has 4 N–H and O–H groups in total. The molecule has 0 saturated heterocycles. The van der Waals surface area contributed by atoms with E-state index in [1.807, 2.05) is 43.9 Å². The van der Waals surface area contributed by atoms with E-state index in [1.165, 1.54) is 6.92 Å². The Balaban J connectivity index is 0.000000307. The lowest BCUT2D eigenvalue weighted by Crippen LogP contribution is -2.39. The van der Waals surface area contributed by atoms with E-state index >= 15 is 0 Å². The van der Waals surface area contributed by atoms with Crippen LogP contribution in [0.4, 0.5) is 11.5 Å². The minimum Gasteiger partial charge on any atom is -0.398 e. The highest BCUT2D eigenvalue weighted by Gasteiger charge is 2.36. The van der Waals surface area contributed by atoms with Crippen LogP contribution in [0.25, 0.3) is 0 Å². The molecule has 304 valence electrons. The van der Waals surface area contributed by atoms with Crippen molar-refractivity contribution in [2.75, 3.05) is 37.2 Å². The number of allylic oxidation sites excluding steroid dienone is 1. The van der Waals surface area contributed by atoms with Crippen LogP contribution in [-0.2, 0) is 14.4 Å². The highest BCUT2D eigenvalue weighted by molar-refractivity contribution is 6.43. The molecule has 4 aromatic rings. The molecule has 0 spiro atoms. The number of nitrogen functional groups attached to an aromatic ring is 1. The van der Waals surface area contributed by atoms with Crippen molar-refractivity contribution in [2.24, 2.45) is 0 Å². The molecule has 0 bridgehead atoms. The van der Waals surface area contributed by atoms with Crippen LogP contribution in [-0.4, -0.2) is 74.6 Å². The fourth-order valence-corrected chi connectivity index (χ4v) is 6.46. The smallest absolute Gasteiger partial charge is 0.254 e. The van der Waals surface area contributed by atoms with Crippen LogP contribution in [0.5, 0.6) is 0 Å². The van der Waals surface area contributed by atoms with E-state index in [4.69, 9.17) is 52.1 Å². The maximum absolute atomic E-state index is 13.5. The molecule has 0 aliphatic carbocycles. The summed E-state index contributed by atoms with van der Waals surface area (Å²) in [6.07, 6.45) is 9.67. The first-order valence-electron chi connectivity index (χ1n) is 18.5. The van der Waals surface area contributed by atoms with Gasteiger partial charge in [0.2, 0.25) is 5.91 Å². The number of aromatic amines is 1. The number of nitrogens with zero attached hydrogens (tertiary/aromatic N) is 4. The number of carbonyl (C=O) groups is 4. The van der Waals surface area contributed by atoms with Crippen molar-refractivity contribution >= 4 is 81.8 Å². The Morgan fingerprint density at radius 3 is 1.89 bits per heavy atom. The molecule has 2 amide bonds. The minimum atomic E-state index is -0.425. The monoisotopic (exact) mass is 847 g/mol. The van der Waals surface area contributed by atoms with Gasteiger partial charge in [-0.2, -0.15) is 5.10 Å². The highest BCUT2D eigenvalue weighted by Crippen LogP contribution is 2.41. The molecule has 3 heterocycles. The second kappa shape index (κ2) is 25.1. The van der Waals surface area contributed by atoms with Gasteiger partial charge in [-0.15, -0.1) is 0 Å². The number of Topliss-reactive ketones (excluding diaryl/α,β-unsaturated/α-hetero) is 1. The zero-order valence-electron chi connectivity index (χ0n) is 32.9. The first-order chi connectivity index (χ1) is 26.7. The number of aromatic nitrogens is 3. The molecule has 11 nitrogen and oxygen atoms in total. The average molecular weight is 850 g/mol. The fraction of sp³-hybridized carbons (Fsp3) is 0.390. The Labute approximate surface area is 350 Å². The van der Waals surface area contributed by atoms with Crippen molar-refractivity contribution in [1.82, 2.24) is 24.6 Å². The largest absolute Gasteiger partial charge is 0.398 e. The van der Waals surface area contributed by atoms with Crippen molar-refractivity contribution in [3.8, 4) is 0 Å². The number of hydrogen-bond acceptors (Lipinski definition) is 7. The predicted molar refractivity (Wildman–Crippen MR) is 230 cm³/mol. The summed E-state index contributed by atoms with van der Waals surface area (Å²) < 4.78 is 1.80. The van der Waals surface area contributed by atoms with E-state index < -0.39 is 6.04 Å². The summed E-state index contributed by atoms with van der Waals surface area (Å²) in [5.41, 5.74) is 8.69. The number of anilines is 2. The lowest BCUT2D eigenvalue weighted by atomic mass is 9.94. The van der Waals surface area contributed by atoms with Gasteiger partial charge in [0.25, 0.3) is 5.91 Å². The molecule has 2 aromatic carbocycles. The third kappa shape index (κ3) is 14.3. The lowest BCUT2D eigenvalue weighted by molar-refractivity contribution is -0.135. The molecule has 0 fully saturated rings. The number of hydrogen-bond donors (Lipinski definition) is 3. The Morgan fingerprint density at radius 2 is 1.41 bits per heavy atom. The number of halogens is 4. The number of amides is 2. The third-order valence-corrected chi connectivity index (χ3v) is 9.83. The Hall–Kier alpha value is -4.29. The number of aldehydes is 1. The molecule has 1 aliphatic rings. The van der Waals surface area contributed by atoms with Crippen LogP contribution in [0.1, 0.15) is 95.6 Å². The quantitative estimate of drug-likeness (QED) is 0.0897. The molecule has 56 heavy (non-hydrogen) atoms. The molecule has 2 aromatic heterocycles. The van der Waals surface area contributed by atoms with Gasteiger partial charge in [0.15, 0.2) is 6.29 Å². The minimum absolute atomic E-state index is 0.00546.